The molecule has 0 atom stereocenters. The molecule has 5 heteroatoms. The zero-order chi connectivity index (χ0) is 14.3. The molecule has 1 aromatic rings. The van der Waals surface area contributed by atoms with Crippen molar-refractivity contribution in [2.75, 3.05) is 18.1 Å². The van der Waals surface area contributed by atoms with Crippen LogP contribution in [0.1, 0.15) is 39.7 Å². The van der Waals surface area contributed by atoms with Crippen LogP contribution in [0.4, 0.5) is 5.95 Å². The minimum atomic E-state index is 0.194. The fourth-order valence-corrected chi connectivity index (χ4v) is 1.74. The lowest BCUT2D eigenvalue weighted by atomic mass is 10.3. The molecule has 0 bridgehead atoms. The molecular weight excluding hydrogens is 240 g/mol. The summed E-state index contributed by atoms with van der Waals surface area (Å²) in [7, 11) is 0. The Morgan fingerprint density at radius 1 is 1.21 bits per heavy atom. The van der Waals surface area contributed by atoms with Gasteiger partial charge in [-0.2, -0.15) is 0 Å². The van der Waals surface area contributed by atoms with Gasteiger partial charge in [0.15, 0.2) is 0 Å². The van der Waals surface area contributed by atoms with E-state index in [0.29, 0.717) is 12.1 Å². The monoisotopic (exact) mass is 266 g/mol. The maximum absolute atomic E-state index is 8.93. The molecule has 2 N–H and O–H groups in total. The summed E-state index contributed by atoms with van der Waals surface area (Å²) in [5.74, 6) is 0.733. The van der Waals surface area contributed by atoms with Crippen molar-refractivity contribution in [2.45, 2.75) is 52.7 Å². The largest absolute Gasteiger partial charge is 0.396 e. The van der Waals surface area contributed by atoms with E-state index in [1.54, 1.807) is 0 Å². The topological polar surface area (TPSA) is 61.3 Å². The number of aliphatic hydroxyl groups excluding tert-OH is 1. The van der Waals surface area contributed by atoms with Crippen LogP contribution in [-0.2, 0) is 6.54 Å². The second-order valence-electron chi connectivity index (χ2n) is 5.29. The zero-order valence-electron chi connectivity index (χ0n) is 12.4. The molecule has 0 aromatic carbocycles. The molecule has 0 aliphatic carbocycles. The third-order valence-electron chi connectivity index (χ3n) is 2.84. The van der Waals surface area contributed by atoms with Crippen molar-refractivity contribution in [3.8, 4) is 0 Å². The molecule has 0 saturated carbocycles. The molecular formula is C14H26N4O. The molecule has 0 fully saturated rings. The van der Waals surface area contributed by atoms with Gasteiger partial charge in [0.25, 0.3) is 0 Å². The first-order chi connectivity index (χ1) is 9.04. The van der Waals surface area contributed by atoms with Crippen molar-refractivity contribution in [1.29, 1.82) is 0 Å². The molecule has 0 unspecified atom stereocenters. The van der Waals surface area contributed by atoms with Crippen LogP contribution in [0, 0.1) is 0 Å². The maximum Gasteiger partial charge on any atom is 0.225 e. The van der Waals surface area contributed by atoms with Gasteiger partial charge in [-0.3, -0.25) is 0 Å². The predicted octanol–water partition coefficient (Wildman–Crippen LogP) is 1.57. The van der Waals surface area contributed by atoms with Gasteiger partial charge in [0.05, 0.1) is 0 Å². The molecule has 19 heavy (non-hydrogen) atoms. The Morgan fingerprint density at radius 2 is 1.84 bits per heavy atom. The van der Waals surface area contributed by atoms with Crippen LogP contribution in [-0.4, -0.2) is 40.3 Å². The average Bonchev–Trinajstić information content (AvgIpc) is 2.37. The lowest BCUT2D eigenvalue weighted by Gasteiger charge is -2.26. The van der Waals surface area contributed by atoms with Crippen molar-refractivity contribution in [3.63, 3.8) is 0 Å². The minimum Gasteiger partial charge on any atom is -0.396 e. The number of aliphatic hydroxyl groups is 1. The van der Waals surface area contributed by atoms with Gasteiger partial charge in [-0.15, -0.1) is 0 Å². The van der Waals surface area contributed by atoms with Crippen LogP contribution >= 0.6 is 0 Å². The van der Waals surface area contributed by atoms with Gasteiger partial charge in [-0.1, -0.05) is 13.8 Å². The van der Waals surface area contributed by atoms with Crippen molar-refractivity contribution < 1.29 is 5.11 Å². The Hall–Kier alpha value is -1.20. The summed E-state index contributed by atoms with van der Waals surface area (Å²) in [6, 6.07) is 0.780. The fourth-order valence-electron chi connectivity index (χ4n) is 1.74. The van der Waals surface area contributed by atoms with Gasteiger partial charge in [-0.25, -0.2) is 9.97 Å². The van der Waals surface area contributed by atoms with Crippen molar-refractivity contribution in [2.24, 2.45) is 0 Å². The fraction of sp³-hybridized carbons (Fsp3) is 0.714. The van der Waals surface area contributed by atoms with E-state index in [0.717, 1.165) is 31.0 Å². The number of anilines is 1. The Labute approximate surface area is 116 Å². The van der Waals surface area contributed by atoms with Gasteiger partial charge < -0.3 is 15.3 Å². The van der Waals surface area contributed by atoms with E-state index in [4.69, 9.17) is 5.11 Å². The van der Waals surface area contributed by atoms with E-state index in [1.165, 1.54) is 0 Å². The summed E-state index contributed by atoms with van der Waals surface area (Å²) < 4.78 is 0. The summed E-state index contributed by atoms with van der Waals surface area (Å²) in [5, 5.41) is 12.3. The smallest absolute Gasteiger partial charge is 0.225 e. The highest BCUT2D eigenvalue weighted by atomic mass is 16.3. The van der Waals surface area contributed by atoms with Crippen molar-refractivity contribution >= 4 is 5.95 Å². The van der Waals surface area contributed by atoms with Crippen molar-refractivity contribution in [3.05, 3.63) is 18.0 Å². The quantitative estimate of drug-likeness (QED) is 0.748. The number of hydrogen-bond donors (Lipinski definition) is 2. The van der Waals surface area contributed by atoms with Crippen LogP contribution in [0.2, 0.25) is 0 Å². The molecule has 0 saturated heterocycles. The minimum absolute atomic E-state index is 0.194. The Bertz CT molecular complexity index is 351. The van der Waals surface area contributed by atoms with E-state index in [1.807, 2.05) is 12.4 Å². The van der Waals surface area contributed by atoms with Gasteiger partial charge in [-0.05, 0) is 20.3 Å². The van der Waals surface area contributed by atoms with Crippen LogP contribution in [0.3, 0.4) is 0 Å². The highest BCUT2D eigenvalue weighted by molar-refractivity contribution is 5.31. The first-order valence-corrected chi connectivity index (χ1v) is 6.96. The highest BCUT2D eigenvalue weighted by Crippen LogP contribution is 2.11. The van der Waals surface area contributed by atoms with Gasteiger partial charge in [0.2, 0.25) is 5.95 Å². The molecule has 1 rings (SSSR count). The summed E-state index contributed by atoms with van der Waals surface area (Å²) in [6.45, 7) is 10.2. The number of aromatic nitrogens is 2. The van der Waals surface area contributed by atoms with E-state index >= 15 is 0 Å². The Balaban J connectivity index is 2.66. The molecule has 0 spiro atoms. The standard InChI is InChI=1S/C14H26N4O/c1-11(2)15-8-13-9-16-14(17-10-13)18(12(3)4)6-5-7-19/h9-12,15,19H,5-8H2,1-4H3. The first kappa shape index (κ1) is 15.9. The Morgan fingerprint density at radius 3 is 2.32 bits per heavy atom. The van der Waals surface area contributed by atoms with E-state index in [-0.39, 0.29) is 6.61 Å². The normalized spacial score (nSPS) is 11.3. The van der Waals surface area contributed by atoms with Crippen LogP contribution in [0.25, 0.3) is 0 Å². The third-order valence-corrected chi connectivity index (χ3v) is 2.84. The number of nitrogens with one attached hydrogen (secondary N) is 1. The van der Waals surface area contributed by atoms with Crippen LogP contribution in [0.5, 0.6) is 0 Å². The van der Waals surface area contributed by atoms with E-state index in [9.17, 15) is 0 Å². The second kappa shape index (κ2) is 8.07. The van der Waals surface area contributed by atoms with Crippen LogP contribution in [0.15, 0.2) is 12.4 Å². The number of nitrogens with zero attached hydrogens (tertiary/aromatic N) is 3. The summed E-state index contributed by atoms with van der Waals surface area (Å²) in [5.41, 5.74) is 1.09. The molecule has 0 amide bonds. The van der Waals surface area contributed by atoms with Gasteiger partial charge in [0.1, 0.15) is 0 Å². The Kier molecular flexibility index (Phi) is 6.73. The van der Waals surface area contributed by atoms with E-state index in [2.05, 4.69) is 47.9 Å². The summed E-state index contributed by atoms with van der Waals surface area (Å²) in [4.78, 5) is 11.0. The zero-order valence-corrected chi connectivity index (χ0v) is 12.4. The average molecular weight is 266 g/mol. The summed E-state index contributed by atoms with van der Waals surface area (Å²) in [6.07, 6.45) is 4.47. The summed E-state index contributed by atoms with van der Waals surface area (Å²) >= 11 is 0. The first-order valence-electron chi connectivity index (χ1n) is 6.96. The molecule has 0 aliphatic rings. The van der Waals surface area contributed by atoms with Gasteiger partial charge >= 0.3 is 0 Å². The second-order valence-corrected chi connectivity index (χ2v) is 5.29. The lowest BCUT2D eigenvalue weighted by Crippen LogP contribution is -2.33. The molecule has 1 aromatic heterocycles. The third kappa shape index (κ3) is 5.53. The molecule has 0 aliphatic heterocycles. The van der Waals surface area contributed by atoms with Gasteiger partial charge in [0, 0.05) is 49.7 Å². The predicted molar refractivity (Wildman–Crippen MR) is 78.2 cm³/mol. The highest BCUT2D eigenvalue weighted by Gasteiger charge is 2.12. The molecule has 108 valence electrons. The lowest BCUT2D eigenvalue weighted by molar-refractivity contribution is 0.288. The SMILES string of the molecule is CC(C)NCc1cnc(N(CCCO)C(C)C)nc1. The van der Waals surface area contributed by atoms with Crippen LogP contribution < -0.4 is 10.2 Å². The van der Waals surface area contributed by atoms with E-state index < -0.39 is 0 Å². The van der Waals surface area contributed by atoms with Crippen molar-refractivity contribution in [1.82, 2.24) is 15.3 Å². The maximum atomic E-state index is 8.93. The molecule has 1 heterocycles. The number of rotatable bonds is 8. The number of hydrogen-bond acceptors (Lipinski definition) is 5. The molecule has 5 nitrogen and oxygen atoms in total. The molecule has 0 radical (unpaired) electrons.